The van der Waals surface area contributed by atoms with E-state index in [0.717, 1.165) is 11.3 Å². The zero-order chi connectivity index (χ0) is 13.3. The van der Waals surface area contributed by atoms with Gasteiger partial charge in [-0.15, -0.1) is 11.3 Å². The van der Waals surface area contributed by atoms with Crippen LogP contribution in [0.25, 0.3) is 11.3 Å². The largest absolute Gasteiger partial charge is 0.375 e. The van der Waals surface area contributed by atoms with Gasteiger partial charge in [-0.2, -0.15) is 0 Å². The number of aromatic nitrogens is 1. The average Bonchev–Trinajstić information content (AvgIpc) is 2.76. The van der Waals surface area contributed by atoms with Crippen molar-refractivity contribution in [3.8, 4) is 11.3 Å². The Hall–Kier alpha value is -1.44. The maximum Gasteiger partial charge on any atom is 0.242 e. The van der Waals surface area contributed by atoms with Crippen molar-refractivity contribution in [1.29, 1.82) is 0 Å². The van der Waals surface area contributed by atoms with Gasteiger partial charge in [-0.1, -0.05) is 12.1 Å². The third kappa shape index (κ3) is 2.38. The van der Waals surface area contributed by atoms with E-state index in [9.17, 15) is 8.42 Å². The first-order valence-corrected chi connectivity index (χ1v) is 7.47. The van der Waals surface area contributed by atoms with E-state index in [4.69, 9.17) is 5.73 Å². The zero-order valence-corrected chi connectivity index (χ0v) is 11.6. The summed E-state index contributed by atoms with van der Waals surface area (Å²) < 4.78 is 24.9. The maximum atomic E-state index is 11.9. The van der Waals surface area contributed by atoms with E-state index in [1.807, 2.05) is 5.38 Å². The summed E-state index contributed by atoms with van der Waals surface area (Å²) in [7, 11) is -0.371. The van der Waals surface area contributed by atoms with Crippen LogP contribution in [0.15, 0.2) is 34.5 Å². The van der Waals surface area contributed by atoms with Gasteiger partial charge in [-0.05, 0) is 12.1 Å². The Morgan fingerprint density at radius 1 is 1.22 bits per heavy atom. The molecule has 0 unspecified atom stereocenters. The summed E-state index contributed by atoms with van der Waals surface area (Å²) in [6, 6.07) is 6.59. The quantitative estimate of drug-likeness (QED) is 0.929. The van der Waals surface area contributed by atoms with Crippen molar-refractivity contribution in [2.75, 3.05) is 19.8 Å². The second kappa shape index (κ2) is 4.68. The van der Waals surface area contributed by atoms with Crippen LogP contribution in [0.1, 0.15) is 0 Å². The van der Waals surface area contributed by atoms with Gasteiger partial charge >= 0.3 is 0 Å². The Kier molecular flexibility index (Phi) is 3.38. The molecule has 2 rings (SSSR count). The van der Waals surface area contributed by atoms with Crippen LogP contribution in [0.3, 0.4) is 0 Å². The van der Waals surface area contributed by atoms with Gasteiger partial charge in [0, 0.05) is 25.0 Å². The lowest BCUT2D eigenvalue weighted by atomic mass is 10.2. The van der Waals surface area contributed by atoms with E-state index < -0.39 is 10.0 Å². The molecule has 5 nitrogen and oxygen atoms in total. The molecule has 0 bridgehead atoms. The molecule has 0 aliphatic rings. The Morgan fingerprint density at radius 3 is 2.28 bits per heavy atom. The average molecular weight is 283 g/mol. The lowest BCUT2D eigenvalue weighted by Crippen LogP contribution is -2.22. The number of rotatable bonds is 3. The molecule has 0 fully saturated rings. The Bertz CT molecular complexity index is 645. The predicted octanol–water partition coefficient (Wildman–Crippen LogP) is 1.64. The molecule has 2 aromatic rings. The van der Waals surface area contributed by atoms with E-state index in [1.165, 1.54) is 29.7 Å². The lowest BCUT2D eigenvalue weighted by Gasteiger charge is -2.11. The van der Waals surface area contributed by atoms with Crippen LogP contribution >= 0.6 is 11.3 Å². The number of nitrogens with zero attached hydrogens (tertiary/aromatic N) is 2. The molecule has 1 aromatic carbocycles. The minimum atomic E-state index is -3.38. The van der Waals surface area contributed by atoms with Crippen molar-refractivity contribution in [1.82, 2.24) is 9.29 Å². The third-order valence-corrected chi connectivity index (χ3v) is 4.95. The minimum absolute atomic E-state index is 0.263. The highest BCUT2D eigenvalue weighted by molar-refractivity contribution is 7.89. The standard InChI is InChI=1S/C11H13N3O2S2/c1-14(2)18(15,16)9-5-3-8(4-6-9)10-7-17-11(12)13-10/h3-7H,1-2H3,(H2,12,13). The SMILES string of the molecule is CN(C)S(=O)(=O)c1ccc(-c2csc(N)n2)cc1. The van der Waals surface area contributed by atoms with Crippen LogP contribution in [0.5, 0.6) is 0 Å². The van der Waals surface area contributed by atoms with Gasteiger partial charge in [0.05, 0.1) is 10.6 Å². The molecule has 1 aromatic heterocycles. The number of thiazole rings is 1. The van der Waals surface area contributed by atoms with Crippen LogP contribution in [-0.2, 0) is 10.0 Å². The van der Waals surface area contributed by atoms with Gasteiger partial charge < -0.3 is 5.73 Å². The molecule has 1 heterocycles. The number of hydrogen-bond acceptors (Lipinski definition) is 5. The van der Waals surface area contributed by atoms with Crippen molar-refractivity contribution in [3.63, 3.8) is 0 Å². The van der Waals surface area contributed by atoms with Gasteiger partial charge in [-0.3, -0.25) is 0 Å². The molecule has 96 valence electrons. The molecule has 0 spiro atoms. The van der Waals surface area contributed by atoms with E-state index >= 15 is 0 Å². The van der Waals surface area contributed by atoms with Crippen molar-refractivity contribution < 1.29 is 8.42 Å². The Balaban J connectivity index is 2.37. The summed E-state index contributed by atoms with van der Waals surface area (Å²) in [5.41, 5.74) is 7.16. The molecule has 0 radical (unpaired) electrons. The predicted molar refractivity (Wildman–Crippen MR) is 72.8 cm³/mol. The van der Waals surface area contributed by atoms with Crippen LogP contribution in [-0.4, -0.2) is 31.8 Å². The van der Waals surface area contributed by atoms with Gasteiger partial charge in [0.15, 0.2) is 5.13 Å². The number of sulfonamides is 1. The van der Waals surface area contributed by atoms with E-state index in [2.05, 4.69) is 4.98 Å². The highest BCUT2D eigenvalue weighted by Crippen LogP contribution is 2.24. The summed E-state index contributed by atoms with van der Waals surface area (Å²) in [6.45, 7) is 0. The Morgan fingerprint density at radius 2 is 1.83 bits per heavy atom. The second-order valence-corrected chi connectivity index (χ2v) is 6.92. The minimum Gasteiger partial charge on any atom is -0.375 e. The van der Waals surface area contributed by atoms with E-state index in [-0.39, 0.29) is 4.90 Å². The number of anilines is 1. The number of nitrogen functional groups attached to an aromatic ring is 1. The van der Waals surface area contributed by atoms with E-state index in [0.29, 0.717) is 5.13 Å². The summed E-state index contributed by atoms with van der Waals surface area (Å²) >= 11 is 1.35. The van der Waals surface area contributed by atoms with Crippen LogP contribution < -0.4 is 5.73 Å². The van der Waals surface area contributed by atoms with E-state index in [1.54, 1.807) is 24.3 Å². The molecule has 2 N–H and O–H groups in total. The van der Waals surface area contributed by atoms with Gasteiger partial charge in [-0.25, -0.2) is 17.7 Å². The molecule has 18 heavy (non-hydrogen) atoms. The fourth-order valence-electron chi connectivity index (χ4n) is 1.43. The number of hydrogen-bond donors (Lipinski definition) is 1. The number of nitrogens with two attached hydrogens (primary N) is 1. The summed E-state index contributed by atoms with van der Waals surface area (Å²) in [5.74, 6) is 0. The highest BCUT2D eigenvalue weighted by Gasteiger charge is 2.16. The van der Waals surface area contributed by atoms with Crippen LogP contribution in [0.4, 0.5) is 5.13 Å². The van der Waals surface area contributed by atoms with Crippen LogP contribution in [0, 0.1) is 0 Å². The monoisotopic (exact) mass is 283 g/mol. The Labute approximate surface area is 110 Å². The molecule has 0 saturated carbocycles. The topological polar surface area (TPSA) is 76.3 Å². The van der Waals surface area contributed by atoms with Crippen molar-refractivity contribution in [3.05, 3.63) is 29.6 Å². The fraction of sp³-hybridized carbons (Fsp3) is 0.182. The molecule has 0 atom stereocenters. The molecule has 0 saturated heterocycles. The highest BCUT2D eigenvalue weighted by atomic mass is 32.2. The summed E-state index contributed by atoms with van der Waals surface area (Å²) in [6.07, 6.45) is 0. The normalized spacial score (nSPS) is 11.9. The molecular weight excluding hydrogens is 270 g/mol. The second-order valence-electron chi connectivity index (χ2n) is 3.88. The smallest absolute Gasteiger partial charge is 0.242 e. The van der Waals surface area contributed by atoms with Crippen molar-refractivity contribution in [2.24, 2.45) is 0 Å². The fourth-order valence-corrected chi connectivity index (χ4v) is 2.90. The van der Waals surface area contributed by atoms with Crippen molar-refractivity contribution in [2.45, 2.75) is 4.90 Å². The first-order chi connectivity index (χ1) is 8.41. The molecule has 0 aliphatic carbocycles. The first kappa shape index (κ1) is 13.0. The van der Waals surface area contributed by atoms with Gasteiger partial charge in [0.25, 0.3) is 0 Å². The molecule has 0 aliphatic heterocycles. The molecular formula is C11H13N3O2S2. The summed E-state index contributed by atoms with van der Waals surface area (Å²) in [5, 5.41) is 2.33. The third-order valence-electron chi connectivity index (χ3n) is 2.45. The molecule has 0 amide bonds. The lowest BCUT2D eigenvalue weighted by molar-refractivity contribution is 0.521. The van der Waals surface area contributed by atoms with Crippen LogP contribution in [0.2, 0.25) is 0 Å². The summed E-state index contributed by atoms with van der Waals surface area (Å²) in [4.78, 5) is 4.41. The maximum absolute atomic E-state index is 11.9. The van der Waals surface area contributed by atoms with Crippen molar-refractivity contribution >= 4 is 26.5 Å². The zero-order valence-electron chi connectivity index (χ0n) is 9.99. The van der Waals surface area contributed by atoms with Gasteiger partial charge in [0.1, 0.15) is 0 Å². The first-order valence-electron chi connectivity index (χ1n) is 5.15. The molecule has 7 heteroatoms. The number of benzene rings is 1. The van der Waals surface area contributed by atoms with Gasteiger partial charge in [0.2, 0.25) is 10.0 Å².